The minimum Gasteiger partial charge on any atom is -0.266 e. The lowest BCUT2D eigenvalue weighted by Crippen LogP contribution is -1.98. The van der Waals surface area contributed by atoms with Crippen LogP contribution in [0.15, 0.2) is 23.2 Å². The zero-order chi connectivity index (χ0) is 9.84. The minimum absolute atomic E-state index is 0.244. The third-order valence-corrected chi connectivity index (χ3v) is 2.54. The van der Waals surface area contributed by atoms with Crippen LogP contribution in [0, 0.1) is 3.57 Å². The van der Waals surface area contributed by atoms with Crippen molar-refractivity contribution in [1.82, 2.24) is 0 Å². The van der Waals surface area contributed by atoms with Crippen LogP contribution in [-0.4, -0.2) is 12.0 Å². The Hall–Kier alpha value is -0.710. The van der Waals surface area contributed by atoms with E-state index in [1.54, 1.807) is 18.2 Å². The fraction of sp³-hybridized carbons (Fsp3) is 0. The fourth-order valence-electron chi connectivity index (χ4n) is 0.799. The molecule has 5 heteroatoms. The Kier molecular flexibility index (Phi) is 3.59. The molecule has 1 aromatic rings. The summed E-state index contributed by atoms with van der Waals surface area (Å²) in [6, 6.07) is 4.99. The van der Waals surface area contributed by atoms with E-state index in [4.69, 9.17) is 11.6 Å². The maximum absolute atomic E-state index is 11.2. The molecule has 0 fully saturated rings. The molecule has 1 amide bonds. The van der Waals surface area contributed by atoms with E-state index in [9.17, 15) is 9.59 Å². The van der Waals surface area contributed by atoms with E-state index in [1.165, 1.54) is 6.08 Å². The van der Waals surface area contributed by atoms with Crippen LogP contribution in [0.4, 0.5) is 0 Å². The molecule has 0 saturated carbocycles. The van der Waals surface area contributed by atoms with Gasteiger partial charge in [0, 0.05) is 3.57 Å². The number of aliphatic imine (C=N–C) groups is 1. The van der Waals surface area contributed by atoms with Gasteiger partial charge in [0.2, 0.25) is 6.08 Å². The first-order valence-electron chi connectivity index (χ1n) is 3.23. The Balaban J connectivity index is 3.27. The molecule has 0 radical (unpaired) electrons. The molecule has 0 unspecified atom stereocenters. The van der Waals surface area contributed by atoms with Crippen molar-refractivity contribution in [2.45, 2.75) is 0 Å². The molecule has 0 spiro atoms. The van der Waals surface area contributed by atoms with Crippen LogP contribution in [0.1, 0.15) is 10.4 Å². The minimum atomic E-state index is -0.662. The first-order valence-corrected chi connectivity index (χ1v) is 4.68. The smallest absolute Gasteiger partial charge is 0.266 e. The number of carbonyl (C=O) groups excluding carboxylic acids is 2. The van der Waals surface area contributed by atoms with Gasteiger partial charge in [0.15, 0.2) is 0 Å². The molecule has 1 rings (SSSR count). The van der Waals surface area contributed by atoms with Gasteiger partial charge >= 0.3 is 0 Å². The van der Waals surface area contributed by atoms with Crippen molar-refractivity contribution in [2.75, 3.05) is 0 Å². The highest BCUT2D eigenvalue weighted by molar-refractivity contribution is 14.1. The highest BCUT2D eigenvalue weighted by Gasteiger charge is 2.12. The number of hydrogen-bond donors (Lipinski definition) is 0. The molecule has 13 heavy (non-hydrogen) atoms. The molecule has 1 aromatic carbocycles. The Morgan fingerprint density at radius 1 is 1.54 bits per heavy atom. The monoisotopic (exact) mass is 307 g/mol. The summed E-state index contributed by atoms with van der Waals surface area (Å²) in [6.07, 6.45) is 1.18. The van der Waals surface area contributed by atoms with Crippen LogP contribution < -0.4 is 0 Å². The first kappa shape index (κ1) is 10.4. The Morgan fingerprint density at radius 2 is 2.23 bits per heavy atom. The predicted octanol–water partition coefficient (Wildman–Crippen LogP) is 2.42. The van der Waals surface area contributed by atoms with Crippen LogP contribution in [0.25, 0.3) is 0 Å². The lowest BCUT2D eigenvalue weighted by molar-refractivity contribution is 0.100. The number of amides is 1. The van der Waals surface area contributed by atoms with Gasteiger partial charge in [-0.1, -0.05) is 17.7 Å². The average molecular weight is 307 g/mol. The van der Waals surface area contributed by atoms with Crippen molar-refractivity contribution < 1.29 is 9.59 Å². The zero-order valence-electron chi connectivity index (χ0n) is 6.25. The average Bonchev–Trinajstić information content (AvgIpc) is 2.04. The molecule has 66 valence electrons. The van der Waals surface area contributed by atoms with Crippen LogP contribution in [0.3, 0.4) is 0 Å². The number of nitrogens with zero attached hydrogens (tertiary/aromatic N) is 1. The van der Waals surface area contributed by atoms with Crippen LogP contribution >= 0.6 is 34.2 Å². The Morgan fingerprint density at radius 3 is 2.77 bits per heavy atom. The summed E-state index contributed by atoms with van der Waals surface area (Å²) in [7, 11) is 0. The standard InChI is InChI=1S/C8H3ClINO2/c9-5-2-1-3-6(10)7(5)8(13)11-4-12/h1-3H. The molecule has 0 bridgehead atoms. The maximum Gasteiger partial charge on any atom is 0.290 e. The van der Waals surface area contributed by atoms with Gasteiger partial charge in [0.25, 0.3) is 5.91 Å². The largest absolute Gasteiger partial charge is 0.290 e. The molecule has 0 atom stereocenters. The van der Waals surface area contributed by atoms with E-state index in [1.807, 2.05) is 22.6 Å². The van der Waals surface area contributed by atoms with E-state index < -0.39 is 5.91 Å². The van der Waals surface area contributed by atoms with Crippen molar-refractivity contribution in [3.8, 4) is 0 Å². The number of benzene rings is 1. The molecule has 3 nitrogen and oxygen atoms in total. The van der Waals surface area contributed by atoms with Gasteiger partial charge < -0.3 is 0 Å². The van der Waals surface area contributed by atoms with E-state index in [2.05, 4.69) is 4.99 Å². The number of rotatable bonds is 1. The molecule has 0 aliphatic rings. The molecule has 0 aliphatic heterocycles. The second kappa shape index (κ2) is 4.50. The lowest BCUT2D eigenvalue weighted by Gasteiger charge is -1.99. The van der Waals surface area contributed by atoms with E-state index in [0.717, 1.165) is 0 Å². The zero-order valence-corrected chi connectivity index (χ0v) is 9.17. The summed E-state index contributed by atoms with van der Waals surface area (Å²) in [5.74, 6) is -0.662. The van der Waals surface area contributed by atoms with Crippen molar-refractivity contribution in [3.63, 3.8) is 0 Å². The highest BCUT2D eigenvalue weighted by Crippen LogP contribution is 2.22. The molecule has 0 aliphatic carbocycles. The van der Waals surface area contributed by atoms with Gasteiger partial charge in [0.1, 0.15) is 0 Å². The summed E-state index contributed by atoms with van der Waals surface area (Å²) >= 11 is 7.69. The quantitative estimate of drug-likeness (QED) is 0.454. The lowest BCUT2D eigenvalue weighted by atomic mass is 10.2. The second-order valence-electron chi connectivity index (χ2n) is 2.10. The number of hydrogen-bond acceptors (Lipinski definition) is 2. The van der Waals surface area contributed by atoms with Gasteiger partial charge in [-0.25, -0.2) is 4.79 Å². The molecular formula is C8H3ClINO2. The van der Waals surface area contributed by atoms with Gasteiger partial charge in [0.05, 0.1) is 10.6 Å². The summed E-state index contributed by atoms with van der Waals surface area (Å²) in [5, 5.41) is 0.288. The highest BCUT2D eigenvalue weighted by atomic mass is 127. The van der Waals surface area contributed by atoms with Crippen LogP contribution in [0.5, 0.6) is 0 Å². The predicted molar refractivity (Wildman–Crippen MR) is 56.6 cm³/mol. The Labute approximate surface area is 92.9 Å². The first-order chi connectivity index (χ1) is 6.16. The Bertz CT molecular complexity index is 379. The number of carbonyl (C=O) groups is 1. The normalized spacial score (nSPS) is 9.08. The van der Waals surface area contributed by atoms with Crippen molar-refractivity contribution in [3.05, 3.63) is 32.4 Å². The third-order valence-electron chi connectivity index (χ3n) is 1.32. The summed E-state index contributed by atoms with van der Waals surface area (Å²) in [6.45, 7) is 0. The van der Waals surface area contributed by atoms with Gasteiger partial charge in [-0.3, -0.25) is 4.79 Å². The summed E-state index contributed by atoms with van der Waals surface area (Å²) in [4.78, 5) is 24.0. The number of halogens is 2. The van der Waals surface area contributed by atoms with Gasteiger partial charge in [-0.2, -0.15) is 0 Å². The van der Waals surface area contributed by atoms with Gasteiger partial charge in [-0.05, 0) is 34.7 Å². The van der Waals surface area contributed by atoms with E-state index >= 15 is 0 Å². The van der Waals surface area contributed by atoms with E-state index in [0.29, 0.717) is 3.57 Å². The summed E-state index contributed by atoms with van der Waals surface area (Å²) < 4.78 is 0.661. The van der Waals surface area contributed by atoms with Crippen molar-refractivity contribution in [2.24, 2.45) is 4.99 Å². The third kappa shape index (κ3) is 2.37. The van der Waals surface area contributed by atoms with Crippen LogP contribution in [-0.2, 0) is 4.79 Å². The molecule has 0 saturated heterocycles. The molecular weight excluding hydrogens is 304 g/mol. The van der Waals surface area contributed by atoms with Crippen molar-refractivity contribution >= 4 is 46.2 Å². The van der Waals surface area contributed by atoms with E-state index in [-0.39, 0.29) is 10.6 Å². The SMILES string of the molecule is O=C=NC(=O)c1c(Cl)cccc1I. The second-order valence-corrected chi connectivity index (χ2v) is 3.67. The molecule has 0 heterocycles. The van der Waals surface area contributed by atoms with Crippen LogP contribution in [0.2, 0.25) is 5.02 Å². The van der Waals surface area contributed by atoms with Crippen molar-refractivity contribution in [1.29, 1.82) is 0 Å². The summed E-state index contributed by atoms with van der Waals surface area (Å²) in [5.41, 5.74) is 0.244. The molecule has 0 N–H and O–H groups in total. The fourth-order valence-corrected chi connectivity index (χ4v) is 1.94. The van der Waals surface area contributed by atoms with Gasteiger partial charge in [-0.15, -0.1) is 4.99 Å². The topological polar surface area (TPSA) is 46.5 Å². The number of isocyanates is 1. The maximum atomic E-state index is 11.2. The molecule has 0 aromatic heterocycles.